The van der Waals surface area contributed by atoms with Crippen LogP contribution in [0.25, 0.3) is 0 Å². The normalized spacial score (nSPS) is 10.4. The molecule has 1 heterocycles. The van der Waals surface area contributed by atoms with Gasteiger partial charge in [0.15, 0.2) is 0 Å². The predicted molar refractivity (Wildman–Crippen MR) is 70.3 cm³/mol. The number of aryl methyl sites for hydroxylation is 1. The van der Waals surface area contributed by atoms with Gasteiger partial charge in [-0.2, -0.15) is 0 Å². The molecule has 3 nitrogen and oxygen atoms in total. The molecule has 16 heavy (non-hydrogen) atoms. The topological polar surface area (TPSA) is 29.9 Å². The van der Waals surface area contributed by atoms with E-state index in [1.54, 1.807) is 6.20 Å². The lowest BCUT2D eigenvalue weighted by Crippen LogP contribution is -2.01. The van der Waals surface area contributed by atoms with E-state index in [2.05, 4.69) is 33.2 Å². The molecule has 1 aromatic heterocycles. The largest absolute Gasteiger partial charge is 0.325 e. The lowest BCUT2D eigenvalue weighted by Gasteiger charge is -2.09. The number of halogens is 2. The summed E-state index contributed by atoms with van der Waals surface area (Å²) in [5, 5.41) is 3.93. The van der Waals surface area contributed by atoms with E-state index < -0.39 is 0 Å². The van der Waals surface area contributed by atoms with Gasteiger partial charge < -0.3 is 9.88 Å². The lowest BCUT2D eigenvalue weighted by atomic mass is 10.3. The minimum atomic E-state index is 0.695. The Kier molecular flexibility index (Phi) is 3.51. The van der Waals surface area contributed by atoms with E-state index in [0.717, 1.165) is 22.7 Å². The molecule has 5 heteroatoms. The molecule has 1 aromatic carbocycles. The van der Waals surface area contributed by atoms with Gasteiger partial charge in [-0.15, -0.1) is 0 Å². The molecule has 0 atom stereocenters. The highest BCUT2D eigenvalue weighted by Gasteiger charge is 2.05. The van der Waals surface area contributed by atoms with Crippen molar-refractivity contribution in [3.8, 4) is 0 Å². The van der Waals surface area contributed by atoms with Gasteiger partial charge in [-0.25, -0.2) is 4.98 Å². The third-order valence-corrected chi connectivity index (χ3v) is 3.16. The maximum Gasteiger partial charge on any atom is 0.207 e. The van der Waals surface area contributed by atoms with Crippen molar-refractivity contribution in [2.75, 3.05) is 5.32 Å². The van der Waals surface area contributed by atoms with Crippen LogP contribution >= 0.6 is 27.5 Å². The Hall–Kier alpha value is -1.000. The Labute approximate surface area is 108 Å². The molecular weight excluding hydrogens is 289 g/mol. The Morgan fingerprint density at radius 2 is 2.31 bits per heavy atom. The molecule has 0 fully saturated rings. The Morgan fingerprint density at radius 1 is 1.50 bits per heavy atom. The van der Waals surface area contributed by atoms with E-state index in [1.807, 2.05) is 29.0 Å². The van der Waals surface area contributed by atoms with Crippen molar-refractivity contribution in [1.82, 2.24) is 9.55 Å². The summed E-state index contributed by atoms with van der Waals surface area (Å²) in [6.45, 7) is 2.94. The second-order valence-electron chi connectivity index (χ2n) is 3.29. The zero-order valence-electron chi connectivity index (χ0n) is 8.74. The van der Waals surface area contributed by atoms with Crippen LogP contribution in [-0.2, 0) is 6.54 Å². The molecule has 0 bridgehead atoms. The van der Waals surface area contributed by atoms with Gasteiger partial charge in [0.05, 0.1) is 5.69 Å². The summed E-state index contributed by atoms with van der Waals surface area (Å²) in [6, 6.07) is 5.60. The van der Waals surface area contributed by atoms with E-state index in [0.29, 0.717) is 5.02 Å². The van der Waals surface area contributed by atoms with Crippen LogP contribution in [0.3, 0.4) is 0 Å². The second kappa shape index (κ2) is 4.89. The number of aromatic nitrogens is 2. The number of nitrogens with zero attached hydrogens (tertiary/aromatic N) is 2. The van der Waals surface area contributed by atoms with E-state index in [-0.39, 0.29) is 0 Å². The highest BCUT2D eigenvalue weighted by molar-refractivity contribution is 9.10. The second-order valence-corrected chi connectivity index (χ2v) is 4.58. The Morgan fingerprint density at radius 3 is 3.06 bits per heavy atom. The van der Waals surface area contributed by atoms with E-state index in [4.69, 9.17) is 11.6 Å². The molecule has 0 spiro atoms. The molecule has 0 aliphatic carbocycles. The first-order valence-corrected chi connectivity index (χ1v) is 6.11. The molecule has 84 valence electrons. The molecule has 0 saturated heterocycles. The lowest BCUT2D eigenvalue weighted by molar-refractivity contribution is 0.772. The van der Waals surface area contributed by atoms with Crippen molar-refractivity contribution in [2.24, 2.45) is 0 Å². The van der Waals surface area contributed by atoms with Crippen molar-refractivity contribution in [3.05, 3.63) is 40.1 Å². The molecule has 1 N–H and O–H groups in total. The quantitative estimate of drug-likeness (QED) is 0.926. The predicted octanol–water partition coefficient (Wildman–Crippen LogP) is 4.06. The third kappa shape index (κ3) is 2.39. The molecule has 0 radical (unpaired) electrons. The molecule has 2 aromatic rings. The number of hydrogen-bond acceptors (Lipinski definition) is 2. The smallest absolute Gasteiger partial charge is 0.207 e. The van der Waals surface area contributed by atoms with Crippen LogP contribution in [0.4, 0.5) is 11.6 Å². The van der Waals surface area contributed by atoms with Gasteiger partial charge in [0.25, 0.3) is 0 Å². The van der Waals surface area contributed by atoms with E-state index in [1.165, 1.54) is 0 Å². The number of nitrogens with one attached hydrogen (secondary N) is 1. The van der Waals surface area contributed by atoms with Crippen LogP contribution in [0.5, 0.6) is 0 Å². The Bertz CT molecular complexity index is 496. The third-order valence-electron chi connectivity index (χ3n) is 2.23. The van der Waals surface area contributed by atoms with Crippen molar-refractivity contribution < 1.29 is 0 Å². The number of benzene rings is 1. The standard InChI is InChI=1S/C11H11BrClN3/c1-2-16-6-5-14-11(16)15-10-7-8(13)3-4-9(10)12/h3-7H,2H2,1H3,(H,14,15). The van der Waals surface area contributed by atoms with Gasteiger partial charge in [-0.1, -0.05) is 11.6 Å². The highest BCUT2D eigenvalue weighted by atomic mass is 79.9. The average Bonchev–Trinajstić information content (AvgIpc) is 2.71. The van der Waals surface area contributed by atoms with Crippen LogP contribution in [0.15, 0.2) is 35.1 Å². The summed E-state index contributed by atoms with van der Waals surface area (Å²) in [6.07, 6.45) is 3.70. The van der Waals surface area contributed by atoms with E-state index in [9.17, 15) is 0 Å². The van der Waals surface area contributed by atoms with Gasteiger partial charge >= 0.3 is 0 Å². The molecule has 0 unspecified atom stereocenters. The summed E-state index contributed by atoms with van der Waals surface area (Å²) >= 11 is 9.41. The van der Waals surface area contributed by atoms with Gasteiger partial charge in [-0.05, 0) is 41.1 Å². The SMILES string of the molecule is CCn1ccnc1Nc1cc(Cl)ccc1Br. The van der Waals surface area contributed by atoms with Crippen LogP contribution in [-0.4, -0.2) is 9.55 Å². The minimum absolute atomic E-state index is 0.695. The van der Waals surface area contributed by atoms with Crippen LogP contribution in [0, 0.1) is 0 Å². The summed E-state index contributed by atoms with van der Waals surface area (Å²) in [4.78, 5) is 4.24. The van der Waals surface area contributed by atoms with Crippen molar-refractivity contribution in [3.63, 3.8) is 0 Å². The van der Waals surface area contributed by atoms with E-state index >= 15 is 0 Å². The average molecular weight is 301 g/mol. The molecule has 2 rings (SSSR count). The van der Waals surface area contributed by atoms with Crippen molar-refractivity contribution >= 4 is 39.2 Å². The first-order valence-electron chi connectivity index (χ1n) is 4.94. The maximum absolute atomic E-state index is 5.94. The van der Waals surface area contributed by atoms with Crippen molar-refractivity contribution in [2.45, 2.75) is 13.5 Å². The highest BCUT2D eigenvalue weighted by Crippen LogP contribution is 2.28. The molecule has 0 saturated carbocycles. The van der Waals surface area contributed by atoms with Crippen LogP contribution in [0.1, 0.15) is 6.92 Å². The summed E-state index contributed by atoms with van der Waals surface area (Å²) in [5.74, 6) is 0.811. The summed E-state index contributed by atoms with van der Waals surface area (Å²) < 4.78 is 2.98. The number of imidazole rings is 1. The molecule has 0 amide bonds. The molecular formula is C11H11BrClN3. The van der Waals surface area contributed by atoms with Crippen LogP contribution < -0.4 is 5.32 Å². The Balaban J connectivity index is 2.30. The maximum atomic E-state index is 5.94. The van der Waals surface area contributed by atoms with Gasteiger partial charge in [-0.3, -0.25) is 0 Å². The summed E-state index contributed by atoms with van der Waals surface area (Å²) in [7, 11) is 0. The number of anilines is 2. The zero-order valence-corrected chi connectivity index (χ0v) is 11.1. The number of hydrogen-bond donors (Lipinski definition) is 1. The molecule has 0 aliphatic heterocycles. The molecule has 0 aliphatic rings. The van der Waals surface area contributed by atoms with Gasteiger partial charge in [0.2, 0.25) is 5.95 Å². The monoisotopic (exact) mass is 299 g/mol. The van der Waals surface area contributed by atoms with Crippen LogP contribution in [0.2, 0.25) is 5.02 Å². The zero-order chi connectivity index (χ0) is 11.5. The fourth-order valence-corrected chi connectivity index (χ4v) is 1.92. The van der Waals surface area contributed by atoms with Gasteiger partial charge in [0.1, 0.15) is 0 Å². The first-order chi connectivity index (χ1) is 7.70. The first kappa shape index (κ1) is 11.5. The fraction of sp³-hybridized carbons (Fsp3) is 0.182. The van der Waals surface area contributed by atoms with Gasteiger partial charge in [0, 0.05) is 28.4 Å². The minimum Gasteiger partial charge on any atom is -0.325 e. The summed E-state index contributed by atoms with van der Waals surface area (Å²) in [5.41, 5.74) is 0.911. The number of rotatable bonds is 3. The van der Waals surface area contributed by atoms with Crippen molar-refractivity contribution in [1.29, 1.82) is 0 Å². The fourth-order valence-electron chi connectivity index (χ4n) is 1.40.